The maximum absolute atomic E-state index is 11.5. The van der Waals surface area contributed by atoms with Gasteiger partial charge in [-0.15, -0.1) is 0 Å². The van der Waals surface area contributed by atoms with Gasteiger partial charge < -0.3 is 10.1 Å². The van der Waals surface area contributed by atoms with E-state index in [9.17, 15) is 4.79 Å². The van der Waals surface area contributed by atoms with Gasteiger partial charge in [0.15, 0.2) is 5.05 Å². The normalized spacial score (nSPS) is 9.40. The molecule has 1 N–H and O–H groups in total. The lowest BCUT2D eigenvalue weighted by Gasteiger charge is -2.06. The second kappa shape index (κ2) is 6.14. The van der Waals surface area contributed by atoms with Crippen LogP contribution in [0.15, 0.2) is 30.3 Å². The first kappa shape index (κ1) is 11.7. The third kappa shape index (κ3) is 4.08. The summed E-state index contributed by atoms with van der Waals surface area (Å²) < 4.78 is 5.04. The fourth-order valence-electron chi connectivity index (χ4n) is 1.06. The lowest BCUT2D eigenvalue weighted by atomic mass is 10.2. The Morgan fingerprint density at radius 2 is 2.07 bits per heavy atom. The molecule has 0 saturated heterocycles. The molecule has 80 valence electrons. The van der Waals surface area contributed by atoms with Crippen LogP contribution in [0.2, 0.25) is 0 Å². The van der Waals surface area contributed by atoms with Gasteiger partial charge in [-0.25, -0.2) is 0 Å². The lowest BCUT2D eigenvalue weighted by molar-refractivity contribution is 0.0957. The van der Waals surface area contributed by atoms with E-state index < -0.39 is 0 Å². The van der Waals surface area contributed by atoms with E-state index in [1.807, 2.05) is 25.1 Å². The third-order valence-corrected chi connectivity index (χ3v) is 2.00. The van der Waals surface area contributed by atoms with Crippen molar-refractivity contribution in [1.82, 2.24) is 5.32 Å². The smallest absolute Gasteiger partial charge is 0.251 e. The van der Waals surface area contributed by atoms with Gasteiger partial charge in [0.25, 0.3) is 5.91 Å². The first-order valence-corrected chi connectivity index (χ1v) is 5.13. The van der Waals surface area contributed by atoms with Gasteiger partial charge in [-0.2, -0.15) is 0 Å². The van der Waals surface area contributed by atoms with E-state index in [2.05, 4.69) is 5.32 Å². The summed E-state index contributed by atoms with van der Waals surface area (Å²) in [5, 5.41) is 3.08. The average Bonchev–Trinajstić information content (AvgIpc) is 2.27. The molecule has 0 radical (unpaired) electrons. The quantitative estimate of drug-likeness (QED) is 0.791. The number of carbonyl (C=O) groups is 1. The largest absolute Gasteiger partial charge is 0.485 e. The van der Waals surface area contributed by atoms with E-state index in [1.54, 1.807) is 12.1 Å². The Morgan fingerprint density at radius 1 is 1.40 bits per heavy atom. The molecule has 0 bridgehead atoms. The third-order valence-electron chi connectivity index (χ3n) is 1.73. The highest BCUT2D eigenvalue weighted by Gasteiger charge is 2.04. The van der Waals surface area contributed by atoms with Crippen LogP contribution in [0.5, 0.6) is 0 Å². The molecule has 4 heteroatoms. The van der Waals surface area contributed by atoms with E-state index in [1.165, 1.54) is 0 Å². The van der Waals surface area contributed by atoms with Crippen LogP contribution >= 0.6 is 12.2 Å². The topological polar surface area (TPSA) is 38.3 Å². The summed E-state index contributed by atoms with van der Waals surface area (Å²) in [5.41, 5.74) is 0.622. The van der Waals surface area contributed by atoms with E-state index >= 15 is 0 Å². The van der Waals surface area contributed by atoms with Crippen LogP contribution in [0.4, 0.5) is 0 Å². The summed E-state index contributed by atoms with van der Waals surface area (Å²) in [7, 11) is 0. The summed E-state index contributed by atoms with van der Waals surface area (Å²) in [6.45, 7) is 2.66. The molecule has 15 heavy (non-hydrogen) atoms. The first-order chi connectivity index (χ1) is 7.24. The van der Waals surface area contributed by atoms with Gasteiger partial charge >= 0.3 is 0 Å². The predicted molar refractivity (Wildman–Crippen MR) is 63.0 cm³/mol. The number of carbonyl (C=O) groups excluding carboxylic acids is 1. The van der Waals surface area contributed by atoms with Crippen LogP contribution in [0.1, 0.15) is 17.3 Å². The van der Waals surface area contributed by atoms with E-state index in [4.69, 9.17) is 17.0 Å². The highest BCUT2D eigenvalue weighted by atomic mass is 32.1. The lowest BCUT2D eigenvalue weighted by Crippen LogP contribution is -2.29. The molecule has 1 aromatic carbocycles. The molecule has 1 rings (SSSR count). The Bertz CT molecular complexity index is 338. The second-order valence-corrected chi connectivity index (χ2v) is 3.31. The van der Waals surface area contributed by atoms with Crippen LogP contribution in [-0.2, 0) is 4.74 Å². The summed E-state index contributed by atoms with van der Waals surface area (Å²) in [4.78, 5) is 11.5. The van der Waals surface area contributed by atoms with E-state index in [-0.39, 0.29) is 12.5 Å². The number of amides is 1. The molecule has 0 heterocycles. The van der Waals surface area contributed by atoms with Crippen LogP contribution in [0.3, 0.4) is 0 Å². The Hall–Kier alpha value is -1.42. The van der Waals surface area contributed by atoms with Gasteiger partial charge in [-0.05, 0) is 31.3 Å². The number of hydrogen-bond acceptors (Lipinski definition) is 3. The molecule has 1 amide bonds. The number of rotatable bonds is 4. The molecule has 0 atom stereocenters. The van der Waals surface area contributed by atoms with Crippen molar-refractivity contribution in [2.45, 2.75) is 6.92 Å². The SMILES string of the molecule is CCOC(=S)CNC(=O)c1ccccc1. The number of benzene rings is 1. The summed E-state index contributed by atoms with van der Waals surface area (Å²) in [6, 6.07) is 8.99. The van der Waals surface area contributed by atoms with Gasteiger partial charge in [0.1, 0.15) is 0 Å². The number of ether oxygens (including phenoxy) is 1. The van der Waals surface area contributed by atoms with E-state index in [0.29, 0.717) is 17.2 Å². The van der Waals surface area contributed by atoms with Crippen LogP contribution in [-0.4, -0.2) is 24.1 Å². The van der Waals surface area contributed by atoms with Crippen molar-refractivity contribution in [3.63, 3.8) is 0 Å². The number of nitrogens with one attached hydrogen (secondary N) is 1. The Labute approximate surface area is 94.4 Å². The van der Waals surface area contributed by atoms with Gasteiger partial charge in [0.2, 0.25) is 0 Å². The van der Waals surface area contributed by atoms with Crippen LogP contribution in [0, 0.1) is 0 Å². The van der Waals surface area contributed by atoms with Crippen molar-refractivity contribution in [3.8, 4) is 0 Å². The van der Waals surface area contributed by atoms with Crippen molar-refractivity contribution in [3.05, 3.63) is 35.9 Å². The fraction of sp³-hybridized carbons (Fsp3) is 0.273. The molecule has 0 aromatic heterocycles. The minimum Gasteiger partial charge on any atom is -0.485 e. The van der Waals surface area contributed by atoms with Gasteiger partial charge in [0.05, 0.1) is 13.2 Å². The van der Waals surface area contributed by atoms with Crippen molar-refractivity contribution >= 4 is 23.2 Å². The molecule has 1 aromatic rings. The molecule has 0 fully saturated rings. The van der Waals surface area contributed by atoms with Gasteiger partial charge in [-0.1, -0.05) is 18.2 Å². The zero-order valence-electron chi connectivity index (χ0n) is 8.53. The minimum atomic E-state index is -0.141. The Kier molecular flexibility index (Phi) is 4.77. The van der Waals surface area contributed by atoms with Crippen LogP contribution < -0.4 is 5.32 Å². The highest BCUT2D eigenvalue weighted by molar-refractivity contribution is 7.80. The van der Waals surface area contributed by atoms with Crippen molar-refractivity contribution < 1.29 is 9.53 Å². The molecule has 0 spiro atoms. The molecule has 0 saturated carbocycles. The summed E-state index contributed by atoms with van der Waals surface area (Å²) >= 11 is 4.88. The molecule has 3 nitrogen and oxygen atoms in total. The fourth-order valence-corrected chi connectivity index (χ4v) is 1.25. The molecule has 0 aliphatic heterocycles. The summed E-state index contributed by atoms with van der Waals surface area (Å²) in [5.74, 6) is -0.141. The summed E-state index contributed by atoms with van der Waals surface area (Å²) in [6.07, 6.45) is 0. The average molecular weight is 223 g/mol. The van der Waals surface area contributed by atoms with Crippen molar-refractivity contribution in [2.24, 2.45) is 0 Å². The molecule has 0 aliphatic carbocycles. The Morgan fingerprint density at radius 3 is 2.67 bits per heavy atom. The number of thiocarbonyl (C=S) groups is 1. The molecule has 0 unspecified atom stereocenters. The van der Waals surface area contributed by atoms with Crippen molar-refractivity contribution in [2.75, 3.05) is 13.2 Å². The van der Waals surface area contributed by atoms with Crippen molar-refractivity contribution in [1.29, 1.82) is 0 Å². The zero-order valence-corrected chi connectivity index (χ0v) is 9.34. The maximum atomic E-state index is 11.5. The minimum absolute atomic E-state index is 0.141. The zero-order chi connectivity index (χ0) is 11.1. The van der Waals surface area contributed by atoms with Gasteiger partial charge in [0, 0.05) is 5.56 Å². The van der Waals surface area contributed by atoms with E-state index in [0.717, 1.165) is 0 Å². The maximum Gasteiger partial charge on any atom is 0.251 e. The first-order valence-electron chi connectivity index (χ1n) is 4.73. The Balaban J connectivity index is 2.40. The molecule has 0 aliphatic rings. The predicted octanol–water partition coefficient (Wildman–Crippen LogP) is 1.78. The molecular weight excluding hydrogens is 210 g/mol. The standard InChI is InChI=1S/C11H13NO2S/c1-2-14-10(15)8-12-11(13)9-6-4-3-5-7-9/h3-7H,2,8H2,1H3,(H,12,13). The molecular formula is C11H13NO2S. The highest BCUT2D eigenvalue weighted by Crippen LogP contribution is 1.97. The van der Waals surface area contributed by atoms with Gasteiger partial charge in [-0.3, -0.25) is 4.79 Å². The number of hydrogen-bond donors (Lipinski definition) is 1. The van der Waals surface area contributed by atoms with Crippen LogP contribution in [0.25, 0.3) is 0 Å². The second-order valence-electron chi connectivity index (χ2n) is 2.85. The monoisotopic (exact) mass is 223 g/mol.